The second-order valence-electron chi connectivity index (χ2n) is 4.37. The third-order valence-corrected chi connectivity index (χ3v) is 3.55. The zero-order valence-corrected chi connectivity index (χ0v) is 12.1. The molecule has 0 aromatic heterocycles. The SMILES string of the molecule is CCCc1ccc(-c2c(Cl)cc(C#N)cc2Cl)cc1. The molecular formula is C16H13Cl2N. The molecule has 19 heavy (non-hydrogen) atoms. The van der Waals surface area contributed by atoms with Crippen LogP contribution >= 0.6 is 23.2 Å². The number of halogens is 2. The average Bonchev–Trinajstić information content (AvgIpc) is 2.40. The van der Waals surface area contributed by atoms with Crippen molar-refractivity contribution in [1.82, 2.24) is 0 Å². The van der Waals surface area contributed by atoms with Gasteiger partial charge in [-0.15, -0.1) is 0 Å². The molecule has 96 valence electrons. The van der Waals surface area contributed by atoms with Gasteiger partial charge in [0.25, 0.3) is 0 Å². The minimum Gasteiger partial charge on any atom is -0.192 e. The molecule has 0 bridgehead atoms. The maximum Gasteiger partial charge on any atom is 0.0992 e. The van der Waals surface area contributed by atoms with Gasteiger partial charge in [-0.25, -0.2) is 0 Å². The summed E-state index contributed by atoms with van der Waals surface area (Å²) in [6.07, 6.45) is 2.19. The van der Waals surface area contributed by atoms with Gasteiger partial charge in [-0.2, -0.15) is 5.26 Å². The number of rotatable bonds is 3. The first-order valence-corrected chi connectivity index (χ1v) is 6.89. The number of hydrogen-bond donors (Lipinski definition) is 0. The number of hydrogen-bond acceptors (Lipinski definition) is 1. The van der Waals surface area contributed by atoms with Crippen molar-refractivity contribution in [3.05, 3.63) is 57.6 Å². The van der Waals surface area contributed by atoms with Crippen LogP contribution in [0.25, 0.3) is 11.1 Å². The fourth-order valence-corrected chi connectivity index (χ4v) is 2.75. The average molecular weight is 290 g/mol. The van der Waals surface area contributed by atoms with Crippen LogP contribution in [0.2, 0.25) is 10.0 Å². The summed E-state index contributed by atoms with van der Waals surface area (Å²) in [6, 6.07) is 13.5. The van der Waals surface area contributed by atoms with Gasteiger partial charge < -0.3 is 0 Å². The van der Waals surface area contributed by atoms with Crippen LogP contribution in [0.15, 0.2) is 36.4 Å². The van der Waals surface area contributed by atoms with Crippen molar-refractivity contribution in [3.8, 4) is 17.2 Å². The molecule has 0 fully saturated rings. The molecule has 0 saturated heterocycles. The Morgan fingerprint density at radius 1 is 1.05 bits per heavy atom. The predicted molar refractivity (Wildman–Crippen MR) is 80.6 cm³/mol. The first-order valence-electron chi connectivity index (χ1n) is 6.14. The van der Waals surface area contributed by atoms with E-state index in [0.29, 0.717) is 15.6 Å². The molecule has 0 N–H and O–H groups in total. The van der Waals surface area contributed by atoms with Crippen LogP contribution in [-0.2, 0) is 6.42 Å². The molecule has 0 atom stereocenters. The van der Waals surface area contributed by atoms with E-state index in [0.717, 1.165) is 24.0 Å². The highest BCUT2D eigenvalue weighted by Gasteiger charge is 2.10. The second kappa shape index (κ2) is 6.10. The van der Waals surface area contributed by atoms with Crippen molar-refractivity contribution in [1.29, 1.82) is 5.26 Å². The molecule has 2 aromatic carbocycles. The monoisotopic (exact) mass is 289 g/mol. The highest BCUT2D eigenvalue weighted by molar-refractivity contribution is 6.39. The van der Waals surface area contributed by atoms with E-state index in [9.17, 15) is 0 Å². The van der Waals surface area contributed by atoms with E-state index in [2.05, 4.69) is 19.1 Å². The molecule has 0 aliphatic heterocycles. The lowest BCUT2D eigenvalue weighted by molar-refractivity contribution is 0.922. The lowest BCUT2D eigenvalue weighted by atomic mass is 10.0. The molecule has 0 saturated carbocycles. The number of benzene rings is 2. The van der Waals surface area contributed by atoms with E-state index in [-0.39, 0.29) is 0 Å². The van der Waals surface area contributed by atoms with Gasteiger partial charge in [0.15, 0.2) is 0 Å². The largest absolute Gasteiger partial charge is 0.192 e. The highest BCUT2D eigenvalue weighted by atomic mass is 35.5. The molecule has 3 heteroatoms. The second-order valence-corrected chi connectivity index (χ2v) is 5.19. The fourth-order valence-electron chi connectivity index (χ4n) is 2.04. The fraction of sp³-hybridized carbons (Fsp3) is 0.188. The number of aryl methyl sites for hydroxylation is 1. The topological polar surface area (TPSA) is 23.8 Å². The number of nitriles is 1. The first-order chi connectivity index (χ1) is 9.15. The molecule has 2 aromatic rings. The molecular weight excluding hydrogens is 277 g/mol. The van der Waals surface area contributed by atoms with Crippen molar-refractivity contribution in [3.63, 3.8) is 0 Å². The van der Waals surface area contributed by atoms with Crippen LogP contribution in [0.1, 0.15) is 24.5 Å². The van der Waals surface area contributed by atoms with Crippen molar-refractivity contribution in [2.24, 2.45) is 0 Å². The molecule has 0 heterocycles. The quantitative estimate of drug-likeness (QED) is 0.733. The van der Waals surface area contributed by atoms with Gasteiger partial charge in [-0.05, 0) is 29.7 Å². The van der Waals surface area contributed by atoms with Crippen LogP contribution in [0, 0.1) is 11.3 Å². The normalized spacial score (nSPS) is 10.2. The summed E-state index contributed by atoms with van der Waals surface area (Å²) in [5.41, 5.74) is 3.53. The van der Waals surface area contributed by atoms with E-state index >= 15 is 0 Å². The molecule has 0 aliphatic rings. The molecule has 1 nitrogen and oxygen atoms in total. The Labute approximate surface area is 123 Å². The van der Waals surface area contributed by atoms with Crippen LogP contribution in [0.3, 0.4) is 0 Å². The van der Waals surface area contributed by atoms with E-state index in [1.54, 1.807) is 12.1 Å². The minimum absolute atomic E-state index is 0.473. The van der Waals surface area contributed by atoms with Crippen molar-refractivity contribution < 1.29 is 0 Å². The highest BCUT2D eigenvalue weighted by Crippen LogP contribution is 2.35. The van der Waals surface area contributed by atoms with Gasteiger partial charge in [0.2, 0.25) is 0 Å². The molecule has 0 amide bonds. The molecule has 0 radical (unpaired) electrons. The van der Waals surface area contributed by atoms with Crippen LogP contribution in [-0.4, -0.2) is 0 Å². The first kappa shape index (κ1) is 13.9. The third kappa shape index (κ3) is 3.10. The van der Waals surface area contributed by atoms with E-state index < -0.39 is 0 Å². The molecule has 2 rings (SSSR count). The zero-order chi connectivity index (χ0) is 13.8. The van der Waals surface area contributed by atoms with E-state index in [1.165, 1.54) is 5.56 Å². The summed E-state index contributed by atoms with van der Waals surface area (Å²) in [7, 11) is 0. The molecule has 0 aliphatic carbocycles. The summed E-state index contributed by atoms with van der Waals surface area (Å²) < 4.78 is 0. The van der Waals surface area contributed by atoms with E-state index in [1.807, 2.05) is 18.2 Å². The zero-order valence-electron chi connectivity index (χ0n) is 10.6. The van der Waals surface area contributed by atoms with Gasteiger partial charge in [0.05, 0.1) is 21.7 Å². The van der Waals surface area contributed by atoms with Crippen LogP contribution in [0.4, 0.5) is 0 Å². The summed E-state index contributed by atoms with van der Waals surface area (Å²) >= 11 is 12.4. The lowest BCUT2D eigenvalue weighted by Crippen LogP contribution is -1.87. The Hall–Kier alpha value is -1.49. The Balaban J connectivity index is 2.44. The predicted octanol–water partition coefficient (Wildman–Crippen LogP) is 5.48. The summed E-state index contributed by atoms with van der Waals surface area (Å²) in [5.74, 6) is 0. The molecule has 0 spiro atoms. The maximum atomic E-state index is 8.88. The van der Waals surface area contributed by atoms with Gasteiger partial charge in [0, 0.05) is 5.56 Å². The maximum absolute atomic E-state index is 8.88. The Bertz CT molecular complexity index is 601. The van der Waals surface area contributed by atoms with Crippen molar-refractivity contribution in [2.75, 3.05) is 0 Å². The Morgan fingerprint density at radius 3 is 2.11 bits per heavy atom. The third-order valence-electron chi connectivity index (χ3n) is 2.95. The number of nitrogens with zero attached hydrogens (tertiary/aromatic N) is 1. The lowest BCUT2D eigenvalue weighted by Gasteiger charge is -2.09. The Kier molecular flexibility index (Phi) is 4.47. The standard InChI is InChI=1S/C16H13Cl2N/c1-2-3-11-4-6-13(7-5-11)16-14(17)8-12(10-19)9-15(16)18/h4-9H,2-3H2,1H3. The summed E-state index contributed by atoms with van der Waals surface area (Å²) in [5, 5.41) is 9.89. The summed E-state index contributed by atoms with van der Waals surface area (Å²) in [6.45, 7) is 2.16. The smallest absolute Gasteiger partial charge is 0.0992 e. The van der Waals surface area contributed by atoms with Gasteiger partial charge in [-0.3, -0.25) is 0 Å². The van der Waals surface area contributed by atoms with Gasteiger partial charge in [-0.1, -0.05) is 60.8 Å². The van der Waals surface area contributed by atoms with Crippen molar-refractivity contribution in [2.45, 2.75) is 19.8 Å². The minimum atomic E-state index is 0.473. The van der Waals surface area contributed by atoms with Gasteiger partial charge in [0.1, 0.15) is 0 Å². The van der Waals surface area contributed by atoms with E-state index in [4.69, 9.17) is 28.5 Å². The van der Waals surface area contributed by atoms with Crippen molar-refractivity contribution >= 4 is 23.2 Å². The summed E-state index contributed by atoms with van der Waals surface area (Å²) in [4.78, 5) is 0. The van der Waals surface area contributed by atoms with Gasteiger partial charge >= 0.3 is 0 Å². The van der Waals surface area contributed by atoms with Crippen LogP contribution in [0.5, 0.6) is 0 Å². The Morgan fingerprint density at radius 2 is 1.63 bits per heavy atom. The van der Waals surface area contributed by atoms with Crippen LogP contribution < -0.4 is 0 Å². The molecule has 0 unspecified atom stereocenters.